The summed E-state index contributed by atoms with van der Waals surface area (Å²) in [5, 5.41) is 18.5. The highest BCUT2D eigenvalue weighted by Crippen LogP contribution is 2.22. The molecule has 0 bridgehead atoms. The summed E-state index contributed by atoms with van der Waals surface area (Å²) in [5.41, 5.74) is 6.01. The lowest BCUT2D eigenvalue weighted by atomic mass is 10.3. The van der Waals surface area contributed by atoms with Crippen LogP contribution in [0.5, 0.6) is 0 Å². The number of aromatic carboxylic acids is 1. The molecule has 0 aliphatic carbocycles. The van der Waals surface area contributed by atoms with Crippen LogP contribution in [0.4, 0.5) is 0 Å². The summed E-state index contributed by atoms with van der Waals surface area (Å²) in [5.74, 6) is -1.35. The number of nitrogens with zero attached hydrogens (tertiary/aromatic N) is 3. The number of hydrogen-bond acceptors (Lipinski definition) is 10. The molecular formula is C19H22N6O5S2. The number of oxazole rings is 1. The van der Waals surface area contributed by atoms with Gasteiger partial charge in [-0.1, -0.05) is 0 Å². The molecule has 11 nitrogen and oxygen atoms in total. The van der Waals surface area contributed by atoms with Gasteiger partial charge in [0, 0.05) is 10.8 Å². The number of carbonyl (C=O) groups excluding carboxylic acids is 2. The lowest BCUT2D eigenvalue weighted by molar-refractivity contribution is 0.0690. The van der Waals surface area contributed by atoms with Crippen LogP contribution in [-0.2, 0) is 0 Å². The first-order valence-corrected chi connectivity index (χ1v) is 11.3. The maximum atomic E-state index is 12.6. The van der Waals surface area contributed by atoms with Gasteiger partial charge in [0.15, 0.2) is 11.4 Å². The van der Waals surface area contributed by atoms with Crippen LogP contribution < -0.4 is 16.4 Å². The summed E-state index contributed by atoms with van der Waals surface area (Å²) in [6.07, 6.45) is 0. The van der Waals surface area contributed by atoms with Crippen LogP contribution in [0.15, 0.2) is 15.2 Å². The van der Waals surface area contributed by atoms with Crippen LogP contribution >= 0.6 is 22.7 Å². The molecule has 170 valence electrons. The van der Waals surface area contributed by atoms with Crippen LogP contribution in [0, 0.1) is 6.92 Å². The number of amides is 2. The van der Waals surface area contributed by atoms with Crippen molar-refractivity contribution in [3.8, 4) is 0 Å². The van der Waals surface area contributed by atoms with Gasteiger partial charge in [-0.05, 0) is 27.7 Å². The highest BCUT2D eigenvalue weighted by molar-refractivity contribution is 7.10. The number of rotatable bonds is 8. The van der Waals surface area contributed by atoms with Crippen LogP contribution in [0.2, 0.25) is 0 Å². The SMILES string of the molecule is Cc1oc([C@H](C)N)nc1C(=O)N[C@@H](C)c1nc(C(=O)N[C@@H](C)c2nc(C(=O)O)cs2)cs1. The van der Waals surface area contributed by atoms with E-state index in [2.05, 4.69) is 25.6 Å². The quantitative estimate of drug-likeness (QED) is 0.379. The lowest BCUT2D eigenvalue weighted by Crippen LogP contribution is -2.28. The zero-order chi connectivity index (χ0) is 23.6. The Balaban J connectivity index is 1.63. The van der Waals surface area contributed by atoms with Crippen molar-refractivity contribution < 1.29 is 23.9 Å². The molecule has 0 fully saturated rings. The van der Waals surface area contributed by atoms with Gasteiger partial charge in [0.2, 0.25) is 5.89 Å². The van der Waals surface area contributed by atoms with E-state index in [0.717, 1.165) is 11.3 Å². The molecule has 3 atom stereocenters. The molecule has 32 heavy (non-hydrogen) atoms. The molecule has 13 heteroatoms. The van der Waals surface area contributed by atoms with Gasteiger partial charge in [0.25, 0.3) is 11.8 Å². The van der Waals surface area contributed by atoms with Crippen molar-refractivity contribution in [3.63, 3.8) is 0 Å². The van der Waals surface area contributed by atoms with E-state index in [1.165, 1.54) is 16.7 Å². The monoisotopic (exact) mass is 478 g/mol. The molecule has 3 heterocycles. The van der Waals surface area contributed by atoms with Gasteiger partial charge in [-0.25, -0.2) is 19.7 Å². The molecule has 3 rings (SSSR count). The minimum Gasteiger partial charge on any atom is -0.476 e. The zero-order valence-corrected chi connectivity index (χ0v) is 19.3. The van der Waals surface area contributed by atoms with Crippen LogP contribution in [0.1, 0.15) is 92.0 Å². The number of aromatic nitrogens is 3. The summed E-state index contributed by atoms with van der Waals surface area (Å²) in [4.78, 5) is 48.5. The van der Waals surface area contributed by atoms with Gasteiger partial charge < -0.3 is 25.9 Å². The van der Waals surface area contributed by atoms with Crippen LogP contribution in [-0.4, -0.2) is 37.8 Å². The second-order valence-electron chi connectivity index (χ2n) is 7.08. The summed E-state index contributed by atoms with van der Waals surface area (Å²) >= 11 is 2.38. The summed E-state index contributed by atoms with van der Waals surface area (Å²) in [7, 11) is 0. The van der Waals surface area contributed by atoms with Gasteiger partial charge in [0.05, 0.1) is 18.1 Å². The Kier molecular flexibility index (Phi) is 7.01. The second kappa shape index (κ2) is 9.54. The molecule has 3 aromatic heterocycles. The van der Waals surface area contributed by atoms with Gasteiger partial charge in [-0.2, -0.15) is 0 Å². The molecule has 0 radical (unpaired) electrons. The summed E-state index contributed by atoms with van der Waals surface area (Å²) in [6.45, 7) is 6.78. The number of carbonyl (C=O) groups is 3. The van der Waals surface area contributed by atoms with E-state index in [4.69, 9.17) is 15.3 Å². The highest BCUT2D eigenvalue weighted by atomic mass is 32.1. The van der Waals surface area contributed by atoms with Gasteiger partial charge in [-0.15, -0.1) is 22.7 Å². The number of nitrogens with two attached hydrogens (primary N) is 1. The van der Waals surface area contributed by atoms with E-state index in [-0.39, 0.29) is 23.0 Å². The third kappa shape index (κ3) is 5.18. The van der Waals surface area contributed by atoms with Crippen LogP contribution in [0.3, 0.4) is 0 Å². The highest BCUT2D eigenvalue weighted by Gasteiger charge is 2.23. The number of carboxylic acids is 1. The van der Waals surface area contributed by atoms with Crippen molar-refractivity contribution >= 4 is 40.5 Å². The van der Waals surface area contributed by atoms with Gasteiger partial charge >= 0.3 is 5.97 Å². The molecule has 5 N–H and O–H groups in total. The number of nitrogens with one attached hydrogen (secondary N) is 2. The van der Waals surface area contributed by atoms with E-state index in [0.29, 0.717) is 15.8 Å². The van der Waals surface area contributed by atoms with Crippen molar-refractivity contribution in [2.45, 2.75) is 45.8 Å². The molecule has 0 saturated carbocycles. The summed E-state index contributed by atoms with van der Waals surface area (Å²) < 4.78 is 5.41. The molecule has 0 saturated heterocycles. The number of thiazole rings is 2. The predicted molar refractivity (Wildman–Crippen MR) is 117 cm³/mol. The van der Waals surface area contributed by atoms with Gasteiger partial charge in [0.1, 0.15) is 21.5 Å². The van der Waals surface area contributed by atoms with Gasteiger partial charge in [-0.3, -0.25) is 9.59 Å². The Labute approximate surface area is 191 Å². The zero-order valence-electron chi connectivity index (χ0n) is 17.7. The van der Waals surface area contributed by atoms with Crippen molar-refractivity contribution in [1.82, 2.24) is 25.6 Å². The van der Waals surface area contributed by atoms with Crippen molar-refractivity contribution in [2.75, 3.05) is 0 Å². The molecule has 3 aromatic rings. The fraction of sp³-hybridized carbons (Fsp3) is 0.368. The molecule has 0 aromatic carbocycles. The maximum absolute atomic E-state index is 12.6. The Morgan fingerprint density at radius 1 is 0.969 bits per heavy atom. The van der Waals surface area contributed by atoms with E-state index in [9.17, 15) is 14.4 Å². The van der Waals surface area contributed by atoms with E-state index in [1.807, 2.05) is 0 Å². The van der Waals surface area contributed by atoms with E-state index in [1.54, 1.807) is 33.1 Å². The first-order chi connectivity index (χ1) is 15.1. The van der Waals surface area contributed by atoms with Crippen molar-refractivity contribution in [2.24, 2.45) is 5.73 Å². The Bertz CT molecular complexity index is 1150. The van der Waals surface area contributed by atoms with E-state index < -0.39 is 35.9 Å². The fourth-order valence-corrected chi connectivity index (χ4v) is 4.26. The average Bonchev–Trinajstić information content (AvgIpc) is 3.46. The Morgan fingerprint density at radius 3 is 2.00 bits per heavy atom. The molecule has 0 spiro atoms. The Morgan fingerprint density at radius 2 is 1.50 bits per heavy atom. The number of hydrogen-bond donors (Lipinski definition) is 4. The minimum absolute atomic E-state index is 0.0676. The molecule has 0 unspecified atom stereocenters. The van der Waals surface area contributed by atoms with Crippen molar-refractivity contribution in [3.05, 3.63) is 49.5 Å². The molecule has 2 amide bonds. The molecular weight excluding hydrogens is 456 g/mol. The first-order valence-electron chi connectivity index (χ1n) is 9.55. The normalized spacial score (nSPS) is 13.9. The molecule has 0 aliphatic heterocycles. The predicted octanol–water partition coefficient (Wildman–Crippen LogP) is 2.60. The largest absolute Gasteiger partial charge is 0.476 e. The summed E-state index contributed by atoms with van der Waals surface area (Å²) in [6, 6.07) is -1.40. The standard InChI is InChI=1S/C19H22N6O5S2/c1-7(20)16-25-13(10(4)30-16)15(27)22-9(3)17-23-11(5-31-17)14(26)21-8(2)18-24-12(6-32-18)19(28)29/h5-9H,20H2,1-4H3,(H,21,26)(H,22,27)(H,28,29)/t7-,8-,9-/m0/s1. The average molecular weight is 479 g/mol. The fourth-order valence-electron chi connectivity index (χ4n) is 2.66. The third-order valence-corrected chi connectivity index (χ3v) is 6.40. The third-order valence-electron chi connectivity index (χ3n) is 4.35. The topological polar surface area (TPSA) is 173 Å². The maximum Gasteiger partial charge on any atom is 0.355 e. The Hall–Kier alpha value is -3.16. The number of aryl methyl sites for hydroxylation is 1. The van der Waals surface area contributed by atoms with Crippen LogP contribution in [0.25, 0.3) is 0 Å². The van der Waals surface area contributed by atoms with Crippen molar-refractivity contribution in [1.29, 1.82) is 0 Å². The number of carboxylic acid groups (broad SMARTS) is 1. The smallest absolute Gasteiger partial charge is 0.355 e. The minimum atomic E-state index is -1.12. The molecule has 0 aliphatic rings. The van der Waals surface area contributed by atoms with E-state index >= 15 is 0 Å². The second-order valence-corrected chi connectivity index (χ2v) is 8.86. The first kappa shape index (κ1) is 23.5. The lowest BCUT2D eigenvalue weighted by Gasteiger charge is -2.11.